The Hall–Kier alpha value is -1.73. The van der Waals surface area contributed by atoms with Crippen molar-refractivity contribution < 1.29 is 9.26 Å². The van der Waals surface area contributed by atoms with Gasteiger partial charge in [0.15, 0.2) is 5.82 Å². The fourth-order valence-corrected chi connectivity index (χ4v) is 3.20. The molecule has 1 aliphatic carbocycles. The second-order valence-electron chi connectivity index (χ2n) is 6.65. The first-order chi connectivity index (χ1) is 11.2. The molecule has 2 atom stereocenters. The standard InChI is InChI=1S/C16H23N5O2/c1-9-13(10(2)20-19-9)8-17-7-12-5-6-22-14(12)16-18-15(21-23-16)11-3-4-11/h11-12,14,17H,3-8H2,1-2H3,(H,19,20)/t12-,14-/m0/s1. The number of H-pyrrole nitrogens is 1. The molecule has 0 spiro atoms. The summed E-state index contributed by atoms with van der Waals surface area (Å²) in [5.74, 6) is 2.38. The Bertz CT molecular complexity index is 656. The summed E-state index contributed by atoms with van der Waals surface area (Å²) in [6, 6.07) is 0. The van der Waals surface area contributed by atoms with E-state index in [0.29, 0.717) is 17.7 Å². The Labute approximate surface area is 135 Å². The Balaban J connectivity index is 1.36. The zero-order valence-corrected chi connectivity index (χ0v) is 13.6. The molecule has 3 heterocycles. The number of nitrogens with zero attached hydrogens (tertiary/aromatic N) is 3. The van der Waals surface area contributed by atoms with Gasteiger partial charge in [0.2, 0.25) is 0 Å². The molecular formula is C16H23N5O2. The molecule has 0 unspecified atom stereocenters. The maximum atomic E-state index is 5.85. The SMILES string of the molecule is Cc1n[nH]c(C)c1CNC[C@@H]1CCO[C@@H]1c1nc(C2CC2)no1. The monoisotopic (exact) mass is 317 g/mol. The molecule has 0 radical (unpaired) electrons. The van der Waals surface area contributed by atoms with Crippen LogP contribution in [0.4, 0.5) is 0 Å². The van der Waals surface area contributed by atoms with Crippen LogP contribution in [0.1, 0.15) is 60.0 Å². The van der Waals surface area contributed by atoms with Crippen LogP contribution < -0.4 is 5.32 Å². The van der Waals surface area contributed by atoms with E-state index in [-0.39, 0.29) is 6.10 Å². The third kappa shape index (κ3) is 3.03. The first-order valence-corrected chi connectivity index (χ1v) is 8.38. The predicted octanol–water partition coefficient (Wildman–Crippen LogP) is 2.15. The van der Waals surface area contributed by atoms with Gasteiger partial charge in [0, 0.05) is 42.8 Å². The highest BCUT2D eigenvalue weighted by Gasteiger charge is 2.36. The third-order valence-electron chi connectivity index (χ3n) is 4.85. The molecule has 7 nitrogen and oxygen atoms in total. The van der Waals surface area contributed by atoms with Gasteiger partial charge >= 0.3 is 0 Å². The van der Waals surface area contributed by atoms with Crippen LogP contribution in [-0.4, -0.2) is 33.5 Å². The number of hydrogen-bond acceptors (Lipinski definition) is 6. The summed E-state index contributed by atoms with van der Waals surface area (Å²) in [5.41, 5.74) is 3.43. The van der Waals surface area contributed by atoms with Gasteiger partial charge in [0.25, 0.3) is 5.89 Å². The second-order valence-corrected chi connectivity index (χ2v) is 6.65. The molecule has 23 heavy (non-hydrogen) atoms. The van der Waals surface area contributed by atoms with Gasteiger partial charge in [-0.15, -0.1) is 0 Å². The smallest absolute Gasteiger partial charge is 0.256 e. The lowest BCUT2D eigenvalue weighted by molar-refractivity contribution is 0.0623. The molecule has 1 aliphatic heterocycles. The normalized spacial score (nSPS) is 24.4. The summed E-state index contributed by atoms with van der Waals surface area (Å²) >= 11 is 0. The van der Waals surface area contributed by atoms with Crippen LogP contribution in [0.2, 0.25) is 0 Å². The molecule has 1 saturated heterocycles. The summed E-state index contributed by atoms with van der Waals surface area (Å²) in [4.78, 5) is 4.55. The van der Waals surface area contributed by atoms with Gasteiger partial charge < -0.3 is 14.6 Å². The molecule has 0 amide bonds. The molecule has 0 aromatic carbocycles. The molecule has 2 aliphatic rings. The molecular weight excluding hydrogens is 294 g/mol. The first kappa shape index (κ1) is 14.8. The van der Waals surface area contributed by atoms with E-state index in [1.165, 1.54) is 18.4 Å². The van der Waals surface area contributed by atoms with Gasteiger partial charge in [0.05, 0.1) is 5.69 Å². The average molecular weight is 317 g/mol. The van der Waals surface area contributed by atoms with Crippen molar-refractivity contribution in [1.82, 2.24) is 25.7 Å². The van der Waals surface area contributed by atoms with Crippen molar-refractivity contribution in [3.63, 3.8) is 0 Å². The Morgan fingerprint density at radius 1 is 1.26 bits per heavy atom. The lowest BCUT2D eigenvalue weighted by atomic mass is 10.0. The number of hydrogen-bond donors (Lipinski definition) is 2. The fraction of sp³-hybridized carbons (Fsp3) is 0.688. The Morgan fingerprint density at radius 2 is 2.13 bits per heavy atom. The van der Waals surface area contributed by atoms with E-state index in [0.717, 1.165) is 43.3 Å². The molecule has 0 bridgehead atoms. The Morgan fingerprint density at radius 3 is 2.87 bits per heavy atom. The highest BCUT2D eigenvalue weighted by molar-refractivity contribution is 5.22. The molecule has 4 rings (SSSR count). The van der Waals surface area contributed by atoms with E-state index in [1.54, 1.807) is 0 Å². The lowest BCUT2D eigenvalue weighted by Crippen LogP contribution is -2.25. The van der Waals surface area contributed by atoms with Crippen molar-refractivity contribution >= 4 is 0 Å². The zero-order chi connectivity index (χ0) is 15.8. The minimum atomic E-state index is -0.0750. The van der Waals surface area contributed by atoms with Gasteiger partial charge in [-0.3, -0.25) is 5.10 Å². The summed E-state index contributed by atoms with van der Waals surface area (Å²) in [6.07, 6.45) is 3.30. The number of rotatable bonds is 6. The van der Waals surface area contributed by atoms with Crippen LogP contribution in [0.15, 0.2) is 4.52 Å². The van der Waals surface area contributed by atoms with E-state index < -0.39 is 0 Å². The molecule has 7 heteroatoms. The maximum absolute atomic E-state index is 5.85. The van der Waals surface area contributed by atoms with E-state index in [2.05, 4.69) is 32.6 Å². The quantitative estimate of drug-likeness (QED) is 0.848. The summed E-state index contributed by atoms with van der Waals surface area (Å²) in [5, 5.41) is 14.9. The molecule has 2 aromatic heterocycles. The largest absolute Gasteiger partial charge is 0.368 e. The van der Waals surface area contributed by atoms with Crippen molar-refractivity contribution in [2.75, 3.05) is 13.2 Å². The van der Waals surface area contributed by atoms with Gasteiger partial charge in [-0.05, 0) is 33.1 Å². The van der Waals surface area contributed by atoms with Crippen molar-refractivity contribution in [2.45, 2.75) is 51.7 Å². The van der Waals surface area contributed by atoms with Crippen molar-refractivity contribution in [1.29, 1.82) is 0 Å². The fourth-order valence-electron chi connectivity index (χ4n) is 3.20. The second kappa shape index (κ2) is 6.05. The topological polar surface area (TPSA) is 88.9 Å². The molecule has 124 valence electrons. The molecule has 2 N–H and O–H groups in total. The number of ether oxygens (including phenoxy) is 1. The maximum Gasteiger partial charge on any atom is 0.256 e. The highest BCUT2D eigenvalue weighted by atomic mass is 16.5. The van der Waals surface area contributed by atoms with Gasteiger partial charge in [0.1, 0.15) is 6.10 Å². The van der Waals surface area contributed by atoms with Crippen LogP contribution in [-0.2, 0) is 11.3 Å². The predicted molar refractivity (Wildman–Crippen MR) is 82.8 cm³/mol. The molecule has 2 fully saturated rings. The minimum Gasteiger partial charge on any atom is -0.368 e. The van der Waals surface area contributed by atoms with E-state index in [4.69, 9.17) is 9.26 Å². The average Bonchev–Trinajstić information content (AvgIpc) is 2.96. The van der Waals surface area contributed by atoms with Crippen LogP contribution >= 0.6 is 0 Å². The number of aromatic amines is 1. The summed E-state index contributed by atoms with van der Waals surface area (Å²) < 4.78 is 11.3. The van der Waals surface area contributed by atoms with Crippen LogP contribution in [0.3, 0.4) is 0 Å². The summed E-state index contributed by atoms with van der Waals surface area (Å²) in [6.45, 7) is 6.52. The van der Waals surface area contributed by atoms with E-state index in [1.807, 2.05) is 6.92 Å². The van der Waals surface area contributed by atoms with Crippen LogP contribution in [0.5, 0.6) is 0 Å². The molecule has 2 aromatic rings. The minimum absolute atomic E-state index is 0.0750. The van der Waals surface area contributed by atoms with Gasteiger partial charge in [-0.1, -0.05) is 5.16 Å². The van der Waals surface area contributed by atoms with Crippen molar-refractivity contribution in [2.24, 2.45) is 5.92 Å². The lowest BCUT2D eigenvalue weighted by Gasteiger charge is -2.15. The van der Waals surface area contributed by atoms with Gasteiger partial charge in [-0.25, -0.2) is 0 Å². The summed E-state index contributed by atoms with van der Waals surface area (Å²) in [7, 11) is 0. The number of aryl methyl sites for hydroxylation is 2. The van der Waals surface area contributed by atoms with Crippen molar-refractivity contribution in [3.8, 4) is 0 Å². The first-order valence-electron chi connectivity index (χ1n) is 8.38. The third-order valence-corrected chi connectivity index (χ3v) is 4.85. The number of aromatic nitrogens is 4. The zero-order valence-electron chi connectivity index (χ0n) is 13.6. The number of nitrogens with one attached hydrogen (secondary N) is 2. The van der Waals surface area contributed by atoms with E-state index >= 15 is 0 Å². The highest BCUT2D eigenvalue weighted by Crippen LogP contribution is 2.40. The van der Waals surface area contributed by atoms with Crippen molar-refractivity contribution in [3.05, 3.63) is 28.7 Å². The van der Waals surface area contributed by atoms with E-state index in [9.17, 15) is 0 Å². The Kier molecular flexibility index (Phi) is 3.90. The van der Waals surface area contributed by atoms with Crippen LogP contribution in [0, 0.1) is 19.8 Å². The van der Waals surface area contributed by atoms with Gasteiger partial charge in [-0.2, -0.15) is 10.1 Å². The molecule has 1 saturated carbocycles. The van der Waals surface area contributed by atoms with Crippen LogP contribution in [0.25, 0.3) is 0 Å².